The number of hydrogen-bond donors (Lipinski definition) is 3. The van der Waals surface area contributed by atoms with Crippen molar-refractivity contribution in [2.24, 2.45) is 0 Å². The quantitative estimate of drug-likeness (QED) is 0.0252. The molecular formula is C47H85NO5. The van der Waals surface area contributed by atoms with Crippen LogP contribution in [0.2, 0.25) is 0 Å². The van der Waals surface area contributed by atoms with E-state index >= 15 is 0 Å². The van der Waals surface area contributed by atoms with E-state index in [1.54, 1.807) is 0 Å². The molecule has 0 aromatic heterocycles. The lowest BCUT2D eigenvalue weighted by Crippen LogP contribution is -2.46. The number of unbranched alkanes of at least 4 members (excludes halogenated alkanes) is 21. The summed E-state index contributed by atoms with van der Waals surface area (Å²) in [6.45, 7) is 6.27. The van der Waals surface area contributed by atoms with Crippen molar-refractivity contribution in [1.29, 1.82) is 0 Å². The van der Waals surface area contributed by atoms with Crippen molar-refractivity contribution in [1.82, 2.24) is 5.32 Å². The summed E-state index contributed by atoms with van der Waals surface area (Å²) < 4.78 is 5.87. The second kappa shape index (κ2) is 41.0. The molecule has 3 atom stereocenters. The van der Waals surface area contributed by atoms with Crippen molar-refractivity contribution >= 4 is 11.9 Å². The molecule has 0 aliphatic carbocycles. The third kappa shape index (κ3) is 36.6. The molecule has 53 heavy (non-hydrogen) atoms. The van der Waals surface area contributed by atoms with Crippen molar-refractivity contribution in [3.63, 3.8) is 0 Å². The number of rotatable bonds is 39. The van der Waals surface area contributed by atoms with Crippen molar-refractivity contribution in [2.45, 2.75) is 232 Å². The number of aliphatic hydroxyl groups is 2. The van der Waals surface area contributed by atoms with E-state index in [4.69, 9.17) is 4.74 Å². The van der Waals surface area contributed by atoms with Crippen LogP contribution in [0, 0.1) is 0 Å². The Labute approximate surface area is 327 Å². The van der Waals surface area contributed by atoms with Gasteiger partial charge in [0.15, 0.2) is 0 Å². The molecule has 0 aromatic rings. The molecule has 308 valence electrons. The molecule has 6 heteroatoms. The lowest BCUT2D eigenvalue weighted by atomic mass is 10.0. The van der Waals surface area contributed by atoms with Gasteiger partial charge in [0, 0.05) is 6.42 Å². The zero-order chi connectivity index (χ0) is 38.9. The molecule has 0 fully saturated rings. The standard InChI is InChI=1S/C47H85NO5/c1-4-7-10-13-16-19-21-22-23-24-25-28-31-34-37-40-47(52)53-43(38-35-32-29-26-18-15-12-9-6-3)41-46(51)48-44(42-49)45(50)39-36-33-30-27-20-17-14-11-8-5-2/h7,10,13,15-16,18-19,21,43-45,49-50H,4-6,8-9,11-12,14,17,20,22-42H2,1-3H3,(H,48,51)/b10-7+,16-13+,18-15-,21-19+. The van der Waals surface area contributed by atoms with Gasteiger partial charge in [0.25, 0.3) is 0 Å². The zero-order valence-corrected chi connectivity index (χ0v) is 34.9. The summed E-state index contributed by atoms with van der Waals surface area (Å²) in [6, 6.07) is -0.705. The van der Waals surface area contributed by atoms with Crippen molar-refractivity contribution in [3.05, 3.63) is 48.6 Å². The van der Waals surface area contributed by atoms with Crippen LogP contribution in [0.5, 0.6) is 0 Å². The molecule has 0 aliphatic rings. The molecule has 3 N–H and O–H groups in total. The van der Waals surface area contributed by atoms with Gasteiger partial charge in [0.2, 0.25) is 5.91 Å². The fourth-order valence-electron chi connectivity index (χ4n) is 6.53. The Morgan fingerprint density at radius 1 is 0.566 bits per heavy atom. The number of ether oxygens (including phenoxy) is 1. The number of esters is 1. The molecule has 0 spiro atoms. The summed E-state index contributed by atoms with van der Waals surface area (Å²) in [5.41, 5.74) is 0. The molecule has 6 nitrogen and oxygen atoms in total. The van der Waals surface area contributed by atoms with Crippen LogP contribution in [0.1, 0.15) is 213 Å². The summed E-state index contributed by atoms with van der Waals surface area (Å²) in [7, 11) is 0. The maximum absolute atomic E-state index is 13.1. The first-order valence-corrected chi connectivity index (χ1v) is 22.4. The van der Waals surface area contributed by atoms with Crippen LogP contribution in [0.3, 0.4) is 0 Å². The Hall–Kier alpha value is -2.18. The van der Waals surface area contributed by atoms with Crippen LogP contribution in [0.4, 0.5) is 0 Å². The number of carbonyl (C=O) groups is 2. The average molecular weight is 744 g/mol. The highest BCUT2D eigenvalue weighted by Crippen LogP contribution is 2.17. The minimum Gasteiger partial charge on any atom is -0.462 e. The van der Waals surface area contributed by atoms with Gasteiger partial charge in [-0.25, -0.2) is 0 Å². The molecule has 0 heterocycles. The molecule has 0 saturated carbocycles. The minimum absolute atomic E-state index is 0.0610. The molecule has 0 bridgehead atoms. The third-order valence-corrected chi connectivity index (χ3v) is 9.95. The van der Waals surface area contributed by atoms with Gasteiger partial charge in [-0.3, -0.25) is 9.59 Å². The van der Waals surface area contributed by atoms with Crippen LogP contribution in [0.25, 0.3) is 0 Å². The highest BCUT2D eigenvalue weighted by Gasteiger charge is 2.24. The van der Waals surface area contributed by atoms with Crippen molar-refractivity contribution in [2.75, 3.05) is 6.61 Å². The fraction of sp³-hybridized carbons (Fsp3) is 0.787. The van der Waals surface area contributed by atoms with Gasteiger partial charge in [-0.05, 0) is 64.2 Å². The predicted molar refractivity (Wildman–Crippen MR) is 227 cm³/mol. The fourth-order valence-corrected chi connectivity index (χ4v) is 6.53. The Bertz CT molecular complexity index is 926. The predicted octanol–water partition coefficient (Wildman–Crippen LogP) is 12.7. The smallest absolute Gasteiger partial charge is 0.306 e. The van der Waals surface area contributed by atoms with Crippen LogP contribution in [-0.2, 0) is 14.3 Å². The molecule has 1 amide bonds. The topological polar surface area (TPSA) is 95.9 Å². The van der Waals surface area contributed by atoms with E-state index in [1.165, 1.54) is 83.5 Å². The SMILES string of the molecule is CC/C=C/C=C/C=C/CCCCCCCCCC(=O)OC(CCCCC/C=C\CCCC)CC(=O)NC(CO)C(O)CCCCCCCCCCCC. The van der Waals surface area contributed by atoms with Gasteiger partial charge < -0.3 is 20.3 Å². The first kappa shape index (κ1) is 50.8. The van der Waals surface area contributed by atoms with Crippen LogP contribution < -0.4 is 5.32 Å². The largest absolute Gasteiger partial charge is 0.462 e. The van der Waals surface area contributed by atoms with Crippen LogP contribution in [0.15, 0.2) is 48.6 Å². The zero-order valence-electron chi connectivity index (χ0n) is 34.9. The van der Waals surface area contributed by atoms with E-state index < -0.39 is 18.2 Å². The van der Waals surface area contributed by atoms with E-state index in [9.17, 15) is 19.8 Å². The Kier molecular flexibility index (Phi) is 39.3. The summed E-state index contributed by atoms with van der Waals surface area (Å²) in [6.07, 6.45) is 47.4. The first-order chi connectivity index (χ1) is 26.0. The molecule has 0 radical (unpaired) electrons. The average Bonchev–Trinajstić information content (AvgIpc) is 3.15. The molecular weight excluding hydrogens is 659 g/mol. The molecule has 0 rings (SSSR count). The Balaban J connectivity index is 4.56. The van der Waals surface area contributed by atoms with Gasteiger partial charge in [-0.15, -0.1) is 0 Å². The minimum atomic E-state index is -0.790. The number of hydrogen-bond acceptors (Lipinski definition) is 5. The maximum Gasteiger partial charge on any atom is 0.306 e. The number of carbonyl (C=O) groups excluding carboxylic acids is 2. The van der Waals surface area contributed by atoms with E-state index in [0.717, 1.165) is 83.5 Å². The summed E-state index contributed by atoms with van der Waals surface area (Å²) in [5.74, 6) is -0.508. The van der Waals surface area contributed by atoms with Gasteiger partial charge >= 0.3 is 5.97 Å². The normalized spacial score (nSPS) is 13.8. The summed E-state index contributed by atoms with van der Waals surface area (Å²) in [5, 5.41) is 23.6. The Morgan fingerprint density at radius 3 is 1.66 bits per heavy atom. The van der Waals surface area contributed by atoms with Gasteiger partial charge in [-0.2, -0.15) is 0 Å². The second-order valence-electron chi connectivity index (χ2n) is 15.1. The summed E-state index contributed by atoms with van der Waals surface area (Å²) >= 11 is 0. The number of nitrogens with one attached hydrogen (secondary N) is 1. The van der Waals surface area contributed by atoms with Gasteiger partial charge in [0.1, 0.15) is 6.10 Å². The van der Waals surface area contributed by atoms with Crippen molar-refractivity contribution in [3.8, 4) is 0 Å². The van der Waals surface area contributed by atoms with E-state index in [1.807, 2.05) is 0 Å². The maximum atomic E-state index is 13.1. The number of aliphatic hydroxyl groups excluding tert-OH is 2. The van der Waals surface area contributed by atoms with Gasteiger partial charge in [0.05, 0.1) is 25.2 Å². The van der Waals surface area contributed by atoms with Crippen LogP contribution in [-0.4, -0.2) is 46.9 Å². The lowest BCUT2D eigenvalue weighted by molar-refractivity contribution is -0.151. The highest BCUT2D eigenvalue weighted by molar-refractivity contribution is 5.77. The van der Waals surface area contributed by atoms with Crippen LogP contribution >= 0.6 is 0 Å². The monoisotopic (exact) mass is 744 g/mol. The third-order valence-electron chi connectivity index (χ3n) is 9.95. The second-order valence-corrected chi connectivity index (χ2v) is 15.1. The molecule has 0 aromatic carbocycles. The van der Waals surface area contributed by atoms with Crippen molar-refractivity contribution < 1.29 is 24.5 Å². The molecule has 0 aliphatic heterocycles. The van der Waals surface area contributed by atoms with E-state index in [0.29, 0.717) is 19.3 Å². The lowest BCUT2D eigenvalue weighted by Gasteiger charge is -2.24. The Morgan fingerprint density at radius 2 is 1.06 bits per heavy atom. The number of amides is 1. The highest BCUT2D eigenvalue weighted by atomic mass is 16.5. The van der Waals surface area contributed by atoms with E-state index in [2.05, 4.69) is 74.7 Å². The molecule has 3 unspecified atom stereocenters. The van der Waals surface area contributed by atoms with E-state index in [-0.39, 0.29) is 24.9 Å². The molecule has 0 saturated heterocycles. The number of allylic oxidation sites excluding steroid dienone is 8. The summed E-state index contributed by atoms with van der Waals surface area (Å²) in [4.78, 5) is 25.9. The first-order valence-electron chi connectivity index (χ1n) is 22.4. The van der Waals surface area contributed by atoms with Gasteiger partial charge in [-0.1, -0.05) is 185 Å².